The number of piperidine rings is 1. The van der Waals surface area contributed by atoms with E-state index < -0.39 is 0 Å². The van der Waals surface area contributed by atoms with Crippen molar-refractivity contribution in [1.82, 2.24) is 4.90 Å². The summed E-state index contributed by atoms with van der Waals surface area (Å²) in [4.78, 5) is 2.42. The van der Waals surface area contributed by atoms with Gasteiger partial charge in [-0.2, -0.15) is 5.26 Å². The van der Waals surface area contributed by atoms with Gasteiger partial charge in [-0.05, 0) is 31.2 Å². The average Bonchev–Trinajstić information content (AvgIpc) is 2.42. The highest BCUT2D eigenvalue weighted by atomic mass is 15.2. The van der Waals surface area contributed by atoms with Gasteiger partial charge in [0.2, 0.25) is 0 Å². The lowest BCUT2D eigenvalue weighted by Crippen LogP contribution is -2.45. The van der Waals surface area contributed by atoms with E-state index in [-0.39, 0.29) is 6.04 Å². The van der Waals surface area contributed by atoms with Gasteiger partial charge >= 0.3 is 0 Å². The van der Waals surface area contributed by atoms with E-state index in [1.54, 1.807) is 0 Å². The van der Waals surface area contributed by atoms with E-state index >= 15 is 0 Å². The number of hydrogen-bond donors (Lipinski definition) is 0. The summed E-state index contributed by atoms with van der Waals surface area (Å²) < 4.78 is 0. The highest BCUT2D eigenvalue weighted by Gasteiger charge is 2.29. The van der Waals surface area contributed by atoms with Crippen molar-refractivity contribution in [2.24, 2.45) is 0 Å². The van der Waals surface area contributed by atoms with Gasteiger partial charge in [-0.3, -0.25) is 4.90 Å². The van der Waals surface area contributed by atoms with Gasteiger partial charge < -0.3 is 0 Å². The van der Waals surface area contributed by atoms with Gasteiger partial charge in [0.05, 0.1) is 12.1 Å². The molecule has 18 heavy (non-hydrogen) atoms. The Morgan fingerprint density at radius 2 is 2.06 bits per heavy atom. The van der Waals surface area contributed by atoms with Crippen molar-refractivity contribution in [3.05, 3.63) is 35.9 Å². The Labute approximate surface area is 110 Å². The van der Waals surface area contributed by atoms with Crippen LogP contribution in [0.3, 0.4) is 0 Å². The van der Waals surface area contributed by atoms with Crippen LogP contribution in [0.4, 0.5) is 0 Å². The maximum absolute atomic E-state index is 9.33. The normalized spacial score (nSPS) is 24.7. The standard InChI is InChI=1S/C16H22N2/c1-2-7-15-10-6-11-16(12-17)18(15)13-14-8-4-3-5-9-14/h3-5,8-9,15-16H,2,6-7,10-11,13H2,1H3. The lowest BCUT2D eigenvalue weighted by molar-refractivity contribution is 0.0968. The van der Waals surface area contributed by atoms with Gasteiger partial charge in [-0.25, -0.2) is 0 Å². The lowest BCUT2D eigenvalue weighted by atomic mass is 9.92. The first-order valence-corrected chi connectivity index (χ1v) is 7.04. The third kappa shape index (κ3) is 3.11. The first-order chi connectivity index (χ1) is 8.85. The van der Waals surface area contributed by atoms with E-state index in [2.05, 4.69) is 42.2 Å². The first kappa shape index (κ1) is 13.1. The highest BCUT2D eigenvalue weighted by molar-refractivity contribution is 5.15. The van der Waals surface area contributed by atoms with E-state index in [1.807, 2.05) is 6.07 Å². The van der Waals surface area contributed by atoms with Crippen molar-refractivity contribution in [1.29, 1.82) is 5.26 Å². The zero-order chi connectivity index (χ0) is 12.8. The molecule has 0 saturated carbocycles. The molecule has 0 radical (unpaired) electrons. The molecule has 96 valence electrons. The summed E-state index contributed by atoms with van der Waals surface area (Å²) in [6.07, 6.45) is 5.90. The summed E-state index contributed by atoms with van der Waals surface area (Å²) in [6.45, 7) is 3.15. The van der Waals surface area contributed by atoms with Crippen molar-refractivity contribution in [3.63, 3.8) is 0 Å². The summed E-state index contributed by atoms with van der Waals surface area (Å²) in [7, 11) is 0. The molecular formula is C16H22N2. The molecule has 1 aliphatic rings. The van der Waals surface area contributed by atoms with Crippen LogP contribution in [0, 0.1) is 11.3 Å². The van der Waals surface area contributed by atoms with E-state index in [0.717, 1.165) is 13.0 Å². The van der Waals surface area contributed by atoms with Crippen LogP contribution < -0.4 is 0 Å². The topological polar surface area (TPSA) is 27.0 Å². The SMILES string of the molecule is CCCC1CCCC(C#N)N1Cc1ccccc1. The minimum Gasteiger partial charge on any atom is -0.281 e. The summed E-state index contributed by atoms with van der Waals surface area (Å²) in [6, 6.07) is 13.7. The fraction of sp³-hybridized carbons (Fsp3) is 0.562. The minimum atomic E-state index is 0.107. The fourth-order valence-corrected chi connectivity index (χ4v) is 2.95. The molecule has 0 amide bonds. The van der Waals surface area contributed by atoms with Crippen molar-refractivity contribution < 1.29 is 0 Å². The molecule has 0 bridgehead atoms. The van der Waals surface area contributed by atoms with Crippen LogP contribution in [0.25, 0.3) is 0 Å². The Bertz CT molecular complexity index is 391. The number of nitrogens with zero attached hydrogens (tertiary/aromatic N) is 2. The zero-order valence-corrected chi connectivity index (χ0v) is 11.2. The van der Waals surface area contributed by atoms with Crippen LogP contribution >= 0.6 is 0 Å². The third-order valence-electron chi connectivity index (χ3n) is 3.86. The predicted molar refractivity (Wildman–Crippen MR) is 73.9 cm³/mol. The Morgan fingerprint density at radius 1 is 1.28 bits per heavy atom. The Hall–Kier alpha value is -1.33. The molecule has 1 fully saturated rings. The predicted octanol–water partition coefficient (Wildman–Crippen LogP) is 3.73. The Balaban J connectivity index is 2.11. The van der Waals surface area contributed by atoms with Crippen LogP contribution in [0.1, 0.15) is 44.6 Å². The number of rotatable bonds is 4. The molecule has 2 heteroatoms. The lowest BCUT2D eigenvalue weighted by Gasteiger charge is -2.39. The molecular weight excluding hydrogens is 220 g/mol. The van der Waals surface area contributed by atoms with Gasteiger partial charge in [0.25, 0.3) is 0 Å². The molecule has 0 aliphatic carbocycles. The Kier molecular flexibility index (Phi) is 4.78. The Morgan fingerprint density at radius 3 is 2.72 bits per heavy atom. The van der Waals surface area contributed by atoms with Crippen molar-refractivity contribution in [2.45, 2.75) is 57.7 Å². The molecule has 2 atom stereocenters. The van der Waals surface area contributed by atoms with Crippen LogP contribution in [0.2, 0.25) is 0 Å². The minimum absolute atomic E-state index is 0.107. The van der Waals surface area contributed by atoms with Crippen LogP contribution in [-0.2, 0) is 6.54 Å². The summed E-state index contributed by atoms with van der Waals surface area (Å²) in [5.41, 5.74) is 1.32. The van der Waals surface area contributed by atoms with Gasteiger partial charge in [0, 0.05) is 12.6 Å². The number of likely N-dealkylation sites (tertiary alicyclic amines) is 1. The van der Waals surface area contributed by atoms with Crippen molar-refractivity contribution in [3.8, 4) is 6.07 Å². The number of nitriles is 1. The first-order valence-electron chi connectivity index (χ1n) is 7.04. The second-order valence-electron chi connectivity index (χ2n) is 5.18. The number of hydrogen-bond acceptors (Lipinski definition) is 2. The maximum Gasteiger partial charge on any atom is 0.0983 e. The molecule has 1 saturated heterocycles. The highest BCUT2D eigenvalue weighted by Crippen LogP contribution is 2.27. The monoisotopic (exact) mass is 242 g/mol. The van der Waals surface area contributed by atoms with Crippen LogP contribution in [-0.4, -0.2) is 17.0 Å². The summed E-state index contributed by atoms with van der Waals surface area (Å²) >= 11 is 0. The molecule has 1 heterocycles. The number of benzene rings is 1. The van der Waals surface area contributed by atoms with Gasteiger partial charge in [-0.1, -0.05) is 43.7 Å². The van der Waals surface area contributed by atoms with Crippen molar-refractivity contribution >= 4 is 0 Å². The molecule has 1 aromatic carbocycles. The van der Waals surface area contributed by atoms with Gasteiger partial charge in [-0.15, -0.1) is 0 Å². The summed E-state index contributed by atoms with van der Waals surface area (Å²) in [5, 5.41) is 9.33. The van der Waals surface area contributed by atoms with Crippen LogP contribution in [0.15, 0.2) is 30.3 Å². The zero-order valence-electron chi connectivity index (χ0n) is 11.2. The van der Waals surface area contributed by atoms with E-state index in [0.29, 0.717) is 6.04 Å². The molecule has 0 N–H and O–H groups in total. The summed E-state index contributed by atoms with van der Waals surface area (Å²) in [5.74, 6) is 0. The smallest absolute Gasteiger partial charge is 0.0983 e. The van der Waals surface area contributed by atoms with Crippen LogP contribution in [0.5, 0.6) is 0 Å². The maximum atomic E-state index is 9.33. The second-order valence-corrected chi connectivity index (χ2v) is 5.18. The van der Waals surface area contributed by atoms with E-state index in [1.165, 1.54) is 31.2 Å². The van der Waals surface area contributed by atoms with E-state index in [4.69, 9.17) is 0 Å². The quantitative estimate of drug-likeness (QED) is 0.804. The average molecular weight is 242 g/mol. The molecule has 2 unspecified atom stereocenters. The third-order valence-corrected chi connectivity index (χ3v) is 3.86. The molecule has 2 nitrogen and oxygen atoms in total. The molecule has 1 aliphatic heterocycles. The largest absolute Gasteiger partial charge is 0.281 e. The van der Waals surface area contributed by atoms with Gasteiger partial charge in [0.1, 0.15) is 0 Å². The van der Waals surface area contributed by atoms with Crippen molar-refractivity contribution in [2.75, 3.05) is 0 Å². The molecule has 0 aromatic heterocycles. The molecule has 2 rings (SSSR count). The fourth-order valence-electron chi connectivity index (χ4n) is 2.95. The molecule has 1 aromatic rings. The molecule has 0 spiro atoms. The second kappa shape index (κ2) is 6.56. The van der Waals surface area contributed by atoms with Gasteiger partial charge in [0.15, 0.2) is 0 Å². The van der Waals surface area contributed by atoms with E-state index in [9.17, 15) is 5.26 Å².